The van der Waals surface area contributed by atoms with Crippen molar-refractivity contribution >= 4 is 20.9 Å². The molecule has 0 heterocycles. The maximum absolute atomic E-state index is 10.7. The van der Waals surface area contributed by atoms with Crippen molar-refractivity contribution in [3.05, 3.63) is 10.4 Å². The van der Waals surface area contributed by atoms with Crippen molar-refractivity contribution < 1.29 is 14.0 Å². The molecule has 0 rings (SSSR count). The number of carbonyl (C=O) groups is 2. The van der Waals surface area contributed by atoms with Crippen molar-refractivity contribution in [2.75, 3.05) is 6.61 Å². The summed E-state index contributed by atoms with van der Waals surface area (Å²) >= 11 is 0. The van der Waals surface area contributed by atoms with Gasteiger partial charge >= 0.3 is 0 Å². The highest BCUT2D eigenvalue weighted by Gasteiger charge is 2.38. The number of rotatable bonds is 12. The van der Waals surface area contributed by atoms with Crippen molar-refractivity contribution in [1.82, 2.24) is 0 Å². The molecule has 0 aromatic carbocycles. The van der Waals surface area contributed by atoms with Gasteiger partial charge in [0.05, 0.1) is 0 Å². The second-order valence-electron chi connectivity index (χ2n) is 7.45. The lowest BCUT2D eigenvalue weighted by molar-refractivity contribution is -0.108. The molecule has 0 bridgehead atoms. The Morgan fingerprint density at radius 2 is 1.78 bits per heavy atom. The highest BCUT2D eigenvalue weighted by Crippen LogP contribution is 2.37. The summed E-state index contributed by atoms with van der Waals surface area (Å²) in [5, 5.41) is 4.00. The van der Waals surface area contributed by atoms with Crippen LogP contribution in [0.4, 0.5) is 0 Å². The van der Waals surface area contributed by atoms with Crippen LogP contribution in [0.1, 0.15) is 52.9 Å². The van der Waals surface area contributed by atoms with Crippen LogP contribution in [0.25, 0.3) is 10.4 Å². The van der Waals surface area contributed by atoms with Gasteiger partial charge in [0.25, 0.3) is 0 Å². The van der Waals surface area contributed by atoms with Crippen LogP contribution in [-0.4, -0.2) is 33.5 Å². The van der Waals surface area contributed by atoms with Gasteiger partial charge in [0, 0.05) is 30.4 Å². The zero-order valence-electron chi connectivity index (χ0n) is 15.1. The van der Waals surface area contributed by atoms with Gasteiger partial charge in [0.2, 0.25) is 0 Å². The third-order valence-electron chi connectivity index (χ3n) is 4.69. The van der Waals surface area contributed by atoms with E-state index in [2.05, 4.69) is 43.9 Å². The van der Waals surface area contributed by atoms with E-state index in [1.165, 1.54) is 0 Å². The van der Waals surface area contributed by atoms with Gasteiger partial charge in [-0.3, -0.25) is 0 Å². The summed E-state index contributed by atoms with van der Waals surface area (Å²) in [5.41, 5.74) is 8.81. The number of azide groups is 1. The summed E-state index contributed by atoms with van der Waals surface area (Å²) in [6.07, 6.45) is 4.62. The van der Waals surface area contributed by atoms with Crippen LogP contribution in [-0.2, 0) is 14.0 Å². The Hall–Kier alpha value is -1.17. The summed E-state index contributed by atoms with van der Waals surface area (Å²) in [7, 11) is -1.89. The molecular formula is C16H31N3O3Si. The summed E-state index contributed by atoms with van der Waals surface area (Å²) in [5.74, 6) is 0.0110. The molecule has 0 unspecified atom stereocenters. The van der Waals surface area contributed by atoms with E-state index in [0.717, 1.165) is 12.6 Å². The van der Waals surface area contributed by atoms with Gasteiger partial charge in [-0.1, -0.05) is 25.9 Å². The molecule has 0 aromatic heterocycles. The molecule has 0 aliphatic heterocycles. The fourth-order valence-electron chi connectivity index (χ4n) is 2.07. The fraction of sp³-hybridized carbons (Fsp3) is 0.875. The molecule has 0 radical (unpaired) electrons. The summed E-state index contributed by atoms with van der Waals surface area (Å²) in [6, 6.07) is -0.232. The number of unbranched alkanes of at least 4 members (excludes halogenated alkanes) is 1. The van der Waals surface area contributed by atoms with Crippen molar-refractivity contribution in [2.45, 2.75) is 77.0 Å². The molecule has 6 nitrogen and oxygen atoms in total. The molecule has 0 spiro atoms. The molecule has 7 heteroatoms. The number of aldehydes is 2. The van der Waals surface area contributed by atoms with Crippen molar-refractivity contribution in [3.8, 4) is 0 Å². The minimum absolute atomic E-state index is 0.0110. The molecule has 0 aliphatic rings. The molecule has 132 valence electrons. The molecule has 0 N–H and O–H groups in total. The van der Waals surface area contributed by atoms with Gasteiger partial charge in [-0.25, -0.2) is 0 Å². The molecule has 0 fully saturated rings. The SMILES string of the molecule is CC(C)(C)[Si](C)(C)OC[C@@H](CCC=O)[C@H](CCCC=O)N=[N+]=[N-]. The van der Waals surface area contributed by atoms with Gasteiger partial charge < -0.3 is 14.0 Å². The summed E-state index contributed by atoms with van der Waals surface area (Å²) in [4.78, 5) is 24.2. The Balaban J connectivity index is 4.96. The maximum atomic E-state index is 10.7. The molecule has 0 aromatic rings. The van der Waals surface area contributed by atoms with Gasteiger partial charge in [-0.05, 0) is 48.8 Å². The summed E-state index contributed by atoms with van der Waals surface area (Å²) < 4.78 is 6.26. The molecular weight excluding hydrogens is 310 g/mol. The Morgan fingerprint density at radius 1 is 1.17 bits per heavy atom. The highest BCUT2D eigenvalue weighted by molar-refractivity contribution is 6.74. The lowest BCUT2D eigenvalue weighted by Crippen LogP contribution is -2.43. The first-order chi connectivity index (χ1) is 10.7. The average molecular weight is 342 g/mol. The highest BCUT2D eigenvalue weighted by atomic mass is 28.4. The molecule has 0 saturated carbocycles. The lowest BCUT2D eigenvalue weighted by Gasteiger charge is -2.38. The van der Waals surface area contributed by atoms with Crippen LogP contribution < -0.4 is 0 Å². The monoisotopic (exact) mass is 341 g/mol. The first-order valence-electron chi connectivity index (χ1n) is 8.25. The minimum Gasteiger partial charge on any atom is -0.417 e. The van der Waals surface area contributed by atoms with Crippen LogP contribution in [0, 0.1) is 5.92 Å². The van der Waals surface area contributed by atoms with Crippen LogP contribution >= 0.6 is 0 Å². The van der Waals surface area contributed by atoms with E-state index in [1.807, 2.05) is 0 Å². The Kier molecular flexibility index (Phi) is 10.0. The van der Waals surface area contributed by atoms with Crippen LogP contribution in [0.15, 0.2) is 5.11 Å². The van der Waals surface area contributed by atoms with Crippen molar-refractivity contribution in [1.29, 1.82) is 0 Å². The normalized spacial score (nSPS) is 14.7. The average Bonchev–Trinajstić information content (AvgIpc) is 2.46. The predicted molar refractivity (Wildman–Crippen MR) is 94.8 cm³/mol. The maximum Gasteiger partial charge on any atom is 0.191 e. The van der Waals surface area contributed by atoms with Gasteiger partial charge in [0.1, 0.15) is 12.6 Å². The van der Waals surface area contributed by atoms with Gasteiger partial charge in [-0.15, -0.1) is 0 Å². The number of hydrogen-bond donors (Lipinski definition) is 0. The largest absolute Gasteiger partial charge is 0.417 e. The number of nitrogens with zero attached hydrogens (tertiary/aromatic N) is 3. The Bertz CT molecular complexity index is 415. The van der Waals surface area contributed by atoms with E-state index >= 15 is 0 Å². The fourth-order valence-corrected chi connectivity index (χ4v) is 3.13. The van der Waals surface area contributed by atoms with E-state index in [1.54, 1.807) is 0 Å². The van der Waals surface area contributed by atoms with E-state index in [4.69, 9.17) is 9.96 Å². The van der Waals surface area contributed by atoms with E-state index in [-0.39, 0.29) is 17.0 Å². The Morgan fingerprint density at radius 3 is 2.26 bits per heavy atom. The minimum atomic E-state index is -1.89. The molecule has 0 aliphatic carbocycles. The van der Waals surface area contributed by atoms with Crippen LogP contribution in [0.3, 0.4) is 0 Å². The first kappa shape index (κ1) is 21.8. The molecule has 0 amide bonds. The van der Waals surface area contributed by atoms with Gasteiger partial charge in [-0.2, -0.15) is 0 Å². The van der Waals surface area contributed by atoms with Crippen LogP contribution in [0.2, 0.25) is 18.1 Å². The molecule has 23 heavy (non-hydrogen) atoms. The summed E-state index contributed by atoms with van der Waals surface area (Å²) in [6.45, 7) is 11.4. The first-order valence-corrected chi connectivity index (χ1v) is 11.2. The molecule has 0 saturated heterocycles. The third kappa shape index (κ3) is 8.30. The zero-order valence-corrected chi connectivity index (χ0v) is 16.1. The van der Waals surface area contributed by atoms with E-state index < -0.39 is 8.32 Å². The van der Waals surface area contributed by atoms with E-state index in [0.29, 0.717) is 38.7 Å². The van der Waals surface area contributed by atoms with Crippen molar-refractivity contribution in [3.63, 3.8) is 0 Å². The quantitative estimate of drug-likeness (QED) is 0.129. The third-order valence-corrected chi connectivity index (χ3v) is 9.19. The molecule has 2 atom stereocenters. The standard InChI is InChI=1S/C16H31N3O3Si/c1-16(2,3)23(4,5)22-13-14(9-8-12-21)15(18-19-17)10-6-7-11-20/h11-12,14-15H,6-10,13H2,1-5H3/t14-,15+/m1/s1. The smallest absolute Gasteiger partial charge is 0.191 e. The van der Waals surface area contributed by atoms with Gasteiger partial charge in [0.15, 0.2) is 8.32 Å². The zero-order chi connectivity index (χ0) is 17.9. The Labute approximate surface area is 140 Å². The second kappa shape index (κ2) is 10.6. The topological polar surface area (TPSA) is 92.1 Å². The lowest BCUT2D eigenvalue weighted by atomic mass is 9.92. The van der Waals surface area contributed by atoms with Crippen molar-refractivity contribution in [2.24, 2.45) is 11.0 Å². The van der Waals surface area contributed by atoms with Crippen LogP contribution in [0.5, 0.6) is 0 Å². The number of hydrogen-bond acceptors (Lipinski definition) is 4. The van der Waals surface area contributed by atoms with E-state index in [9.17, 15) is 9.59 Å². The predicted octanol–water partition coefficient (Wildman–Crippen LogP) is 4.65. The number of carbonyl (C=O) groups excluding carboxylic acids is 2. The second-order valence-corrected chi connectivity index (χ2v) is 12.3.